The summed E-state index contributed by atoms with van der Waals surface area (Å²) in [5.74, 6) is -0.631. The molecule has 27 heavy (non-hydrogen) atoms. The molecule has 0 heterocycles. The Kier molecular flexibility index (Phi) is 6.00. The second kappa shape index (κ2) is 8.81. The molecule has 0 bridgehead atoms. The number of methoxy groups -OCH3 is 1. The summed E-state index contributed by atoms with van der Waals surface area (Å²) in [6, 6.07) is 24.5. The van der Waals surface area contributed by atoms with E-state index in [1.165, 1.54) is 7.11 Å². The number of carbonyl (C=O) groups is 2. The number of benzene rings is 3. The van der Waals surface area contributed by atoms with Crippen molar-refractivity contribution in [3.8, 4) is 11.1 Å². The van der Waals surface area contributed by atoms with Gasteiger partial charge >= 0.3 is 11.9 Å². The summed E-state index contributed by atoms with van der Waals surface area (Å²) >= 11 is 0. The maximum Gasteiger partial charge on any atom is 0.337 e. The van der Waals surface area contributed by atoms with E-state index >= 15 is 0 Å². The van der Waals surface area contributed by atoms with Crippen LogP contribution >= 0.6 is 0 Å². The first-order valence-electron chi connectivity index (χ1n) is 8.63. The lowest BCUT2D eigenvalue weighted by Crippen LogP contribution is -2.08. The van der Waals surface area contributed by atoms with E-state index in [9.17, 15) is 9.59 Å². The number of hydrogen-bond acceptors (Lipinski definition) is 4. The maximum absolute atomic E-state index is 12.1. The molecular weight excluding hydrogens is 340 g/mol. The lowest BCUT2D eigenvalue weighted by molar-refractivity contribution is -0.144. The third-order valence-electron chi connectivity index (χ3n) is 4.16. The van der Waals surface area contributed by atoms with Crippen molar-refractivity contribution < 1.29 is 19.1 Å². The molecule has 0 aliphatic carbocycles. The average molecular weight is 360 g/mol. The summed E-state index contributed by atoms with van der Waals surface area (Å²) in [5, 5.41) is 0. The minimum Gasteiger partial charge on any atom is -0.465 e. The number of hydrogen-bond donors (Lipinski definition) is 0. The number of esters is 2. The Morgan fingerprint density at radius 1 is 0.778 bits per heavy atom. The first-order chi connectivity index (χ1) is 13.2. The minimum atomic E-state index is -0.364. The topological polar surface area (TPSA) is 52.6 Å². The molecule has 4 nitrogen and oxygen atoms in total. The van der Waals surface area contributed by atoms with Gasteiger partial charge in [-0.1, -0.05) is 66.7 Å². The Bertz CT molecular complexity index is 915. The van der Waals surface area contributed by atoms with Crippen LogP contribution in [0, 0.1) is 0 Å². The van der Waals surface area contributed by atoms with Gasteiger partial charge < -0.3 is 9.47 Å². The summed E-state index contributed by atoms with van der Waals surface area (Å²) in [5.41, 5.74) is 4.27. The van der Waals surface area contributed by atoms with Gasteiger partial charge in [-0.15, -0.1) is 0 Å². The Labute approximate surface area is 158 Å². The van der Waals surface area contributed by atoms with E-state index in [1.54, 1.807) is 12.1 Å². The molecule has 3 rings (SSSR count). The van der Waals surface area contributed by atoms with Crippen LogP contribution in [0.1, 0.15) is 21.5 Å². The second-order valence-corrected chi connectivity index (χ2v) is 6.09. The van der Waals surface area contributed by atoms with Crippen LogP contribution in [0.15, 0.2) is 78.9 Å². The number of ether oxygens (including phenoxy) is 2. The van der Waals surface area contributed by atoms with E-state index in [-0.39, 0.29) is 25.0 Å². The molecular formula is C23H20O4. The van der Waals surface area contributed by atoms with E-state index in [0.717, 1.165) is 22.3 Å². The van der Waals surface area contributed by atoms with Gasteiger partial charge in [0.2, 0.25) is 0 Å². The van der Waals surface area contributed by atoms with Gasteiger partial charge in [0.15, 0.2) is 0 Å². The van der Waals surface area contributed by atoms with Crippen LogP contribution in [0.5, 0.6) is 0 Å². The SMILES string of the molecule is COC(=O)c1ccc(-c2cccc(CC(=O)OCc3ccccc3)c2)cc1. The molecule has 136 valence electrons. The quantitative estimate of drug-likeness (QED) is 0.611. The molecule has 0 aliphatic heterocycles. The first-order valence-corrected chi connectivity index (χ1v) is 8.63. The molecule has 0 unspecified atom stereocenters. The monoisotopic (exact) mass is 360 g/mol. The number of carbonyl (C=O) groups excluding carboxylic acids is 2. The third-order valence-corrected chi connectivity index (χ3v) is 4.16. The molecule has 0 atom stereocenters. The van der Waals surface area contributed by atoms with Crippen molar-refractivity contribution in [2.24, 2.45) is 0 Å². The highest BCUT2D eigenvalue weighted by atomic mass is 16.5. The van der Waals surface area contributed by atoms with Crippen molar-refractivity contribution in [1.82, 2.24) is 0 Å². The fraction of sp³-hybridized carbons (Fsp3) is 0.130. The highest BCUT2D eigenvalue weighted by Crippen LogP contribution is 2.22. The predicted molar refractivity (Wildman–Crippen MR) is 103 cm³/mol. The molecule has 0 fully saturated rings. The maximum atomic E-state index is 12.1. The zero-order valence-electron chi connectivity index (χ0n) is 15.1. The molecule has 4 heteroatoms. The third kappa shape index (κ3) is 5.05. The van der Waals surface area contributed by atoms with E-state index in [0.29, 0.717) is 5.56 Å². The fourth-order valence-electron chi connectivity index (χ4n) is 2.73. The molecule has 0 aromatic heterocycles. The van der Waals surface area contributed by atoms with Crippen LogP contribution in [0.4, 0.5) is 0 Å². The Balaban J connectivity index is 1.64. The van der Waals surface area contributed by atoms with Gasteiger partial charge in [-0.25, -0.2) is 4.79 Å². The van der Waals surface area contributed by atoms with Gasteiger partial charge in [0.1, 0.15) is 6.61 Å². The molecule has 0 aliphatic rings. The molecule has 3 aromatic carbocycles. The van der Waals surface area contributed by atoms with Gasteiger partial charge in [-0.3, -0.25) is 4.79 Å². The lowest BCUT2D eigenvalue weighted by atomic mass is 10.0. The smallest absolute Gasteiger partial charge is 0.337 e. The predicted octanol–water partition coefficient (Wildman–Crippen LogP) is 4.43. The Hall–Kier alpha value is -3.40. The molecule has 0 N–H and O–H groups in total. The van der Waals surface area contributed by atoms with Crippen molar-refractivity contribution in [3.05, 3.63) is 95.6 Å². The summed E-state index contributed by atoms with van der Waals surface area (Å²) in [6.45, 7) is 0.272. The molecule has 3 aromatic rings. The highest BCUT2D eigenvalue weighted by Gasteiger charge is 2.08. The lowest BCUT2D eigenvalue weighted by Gasteiger charge is -2.08. The fourth-order valence-corrected chi connectivity index (χ4v) is 2.73. The van der Waals surface area contributed by atoms with Crippen molar-refractivity contribution >= 4 is 11.9 Å². The van der Waals surface area contributed by atoms with Gasteiger partial charge in [0.05, 0.1) is 19.1 Å². The summed E-state index contributed by atoms with van der Waals surface area (Å²) in [6.07, 6.45) is 0.209. The highest BCUT2D eigenvalue weighted by molar-refractivity contribution is 5.90. The second-order valence-electron chi connectivity index (χ2n) is 6.09. The summed E-state index contributed by atoms with van der Waals surface area (Å²) < 4.78 is 10.1. The molecule has 0 saturated carbocycles. The molecule has 0 radical (unpaired) electrons. The average Bonchev–Trinajstić information content (AvgIpc) is 2.73. The van der Waals surface area contributed by atoms with Crippen molar-refractivity contribution in [3.63, 3.8) is 0 Å². The van der Waals surface area contributed by atoms with E-state index in [4.69, 9.17) is 9.47 Å². The summed E-state index contributed by atoms with van der Waals surface area (Å²) in [4.78, 5) is 23.6. The Morgan fingerprint density at radius 3 is 2.19 bits per heavy atom. The zero-order chi connectivity index (χ0) is 19.1. The van der Waals surface area contributed by atoms with Crippen LogP contribution in [0.2, 0.25) is 0 Å². The zero-order valence-corrected chi connectivity index (χ0v) is 15.1. The van der Waals surface area contributed by atoms with Gasteiger partial charge in [0.25, 0.3) is 0 Å². The van der Waals surface area contributed by atoms with E-state index in [1.807, 2.05) is 66.7 Å². The molecule has 0 saturated heterocycles. The molecule has 0 spiro atoms. The van der Waals surface area contributed by atoms with E-state index in [2.05, 4.69) is 0 Å². The van der Waals surface area contributed by atoms with Crippen molar-refractivity contribution in [2.75, 3.05) is 7.11 Å². The van der Waals surface area contributed by atoms with Gasteiger partial charge in [-0.05, 0) is 34.4 Å². The van der Waals surface area contributed by atoms with E-state index < -0.39 is 0 Å². The van der Waals surface area contributed by atoms with Crippen LogP contribution in [-0.4, -0.2) is 19.0 Å². The van der Waals surface area contributed by atoms with Crippen LogP contribution in [-0.2, 0) is 27.3 Å². The first kappa shape index (κ1) is 18.4. The number of rotatable bonds is 6. The minimum absolute atomic E-state index is 0.209. The largest absolute Gasteiger partial charge is 0.465 e. The van der Waals surface area contributed by atoms with Crippen LogP contribution in [0.25, 0.3) is 11.1 Å². The van der Waals surface area contributed by atoms with Gasteiger partial charge in [-0.2, -0.15) is 0 Å². The van der Waals surface area contributed by atoms with Crippen LogP contribution in [0.3, 0.4) is 0 Å². The van der Waals surface area contributed by atoms with Crippen LogP contribution < -0.4 is 0 Å². The standard InChI is InChI=1S/C23H20O4/c1-26-23(25)20-12-10-19(11-13-20)21-9-5-8-18(14-21)15-22(24)27-16-17-6-3-2-4-7-17/h2-14H,15-16H2,1H3. The molecule has 0 amide bonds. The van der Waals surface area contributed by atoms with Gasteiger partial charge in [0, 0.05) is 0 Å². The summed E-state index contributed by atoms with van der Waals surface area (Å²) in [7, 11) is 1.36. The van der Waals surface area contributed by atoms with Crippen molar-refractivity contribution in [1.29, 1.82) is 0 Å². The normalized spacial score (nSPS) is 10.3. The van der Waals surface area contributed by atoms with Crippen molar-refractivity contribution in [2.45, 2.75) is 13.0 Å². The Morgan fingerprint density at radius 2 is 1.48 bits per heavy atom.